The van der Waals surface area contributed by atoms with Gasteiger partial charge in [-0.2, -0.15) is 5.10 Å². The van der Waals surface area contributed by atoms with Crippen LogP contribution in [0.3, 0.4) is 0 Å². The van der Waals surface area contributed by atoms with Crippen LogP contribution in [0.25, 0.3) is 16.6 Å². The van der Waals surface area contributed by atoms with Crippen LogP contribution in [-0.4, -0.2) is 25.4 Å². The van der Waals surface area contributed by atoms with Crippen LogP contribution in [0.15, 0.2) is 54.9 Å². The zero-order valence-corrected chi connectivity index (χ0v) is 15.6. The molecule has 144 valence electrons. The molecule has 0 saturated carbocycles. The Labute approximate surface area is 165 Å². The second-order valence-corrected chi connectivity index (χ2v) is 7.11. The smallest absolute Gasteiger partial charge is 0.256 e. The predicted octanol–water partition coefficient (Wildman–Crippen LogP) is 4.14. The van der Waals surface area contributed by atoms with Gasteiger partial charge in [0.05, 0.1) is 35.6 Å². The Bertz CT molecular complexity index is 1260. The van der Waals surface area contributed by atoms with E-state index in [-0.39, 0.29) is 24.6 Å². The van der Waals surface area contributed by atoms with Crippen LogP contribution in [-0.2, 0) is 13.1 Å². The topological polar surface area (TPSA) is 50.5 Å². The van der Waals surface area contributed by atoms with Crippen LogP contribution >= 0.6 is 0 Å². The Balaban J connectivity index is 1.50. The summed E-state index contributed by atoms with van der Waals surface area (Å²) in [5, 5.41) is 4.34. The Morgan fingerprint density at radius 1 is 1.07 bits per heavy atom. The lowest BCUT2D eigenvalue weighted by atomic mass is 10.0. The van der Waals surface area contributed by atoms with Crippen molar-refractivity contribution in [1.82, 2.24) is 19.5 Å². The first-order chi connectivity index (χ1) is 14.0. The lowest BCUT2D eigenvalue weighted by Gasteiger charge is -2.17. The van der Waals surface area contributed by atoms with Gasteiger partial charge in [-0.05, 0) is 48.9 Å². The summed E-state index contributed by atoms with van der Waals surface area (Å²) in [6, 6.07) is 11.4. The summed E-state index contributed by atoms with van der Waals surface area (Å²) in [4.78, 5) is 18.1. The molecule has 5 nitrogen and oxygen atoms in total. The van der Waals surface area contributed by atoms with E-state index in [2.05, 4.69) is 10.1 Å². The summed E-state index contributed by atoms with van der Waals surface area (Å²) in [5.74, 6) is -1.64. The van der Waals surface area contributed by atoms with E-state index in [1.54, 1.807) is 41.2 Å². The number of carbonyl (C=O) groups excluding carboxylic acids is 1. The van der Waals surface area contributed by atoms with Gasteiger partial charge in [0.2, 0.25) is 0 Å². The first-order valence-electron chi connectivity index (χ1n) is 9.18. The SMILES string of the molecule is Cc1cc2c(-c3cc(F)c(CN4Cc5ncccc5C4=O)c(F)c3)cccn2n1. The van der Waals surface area contributed by atoms with Gasteiger partial charge in [-0.25, -0.2) is 13.3 Å². The number of fused-ring (bicyclic) bond motifs is 2. The van der Waals surface area contributed by atoms with Crippen molar-refractivity contribution in [3.05, 3.63) is 89.0 Å². The van der Waals surface area contributed by atoms with E-state index < -0.39 is 11.6 Å². The highest BCUT2D eigenvalue weighted by Gasteiger charge is 2.29. The molecule has 0 fully saturated rings. The number of hydrogen-bond acceptors (Lipinski definition) is 3. The highest BCUT2D eigenvalue weighted by Crippen LogP contribution is 2.30. The molecule has 0 radical (unpaired) electrons. The lowest BCUT2D eigenvalue weighted by Crippen LogP contribution is -2.24. The van der Waals surface area contributed by atoms with E-state index in [0.717, 1.165) is 11.2 Å². The molecule has 4 aromatic rings. The van der Waals surface area contributed by atoms with Crippen LogP contribution < -0.4 is 0 Å². The van der Waals surface area contributed by atoms with Gasteiger partial charge >= 0.3 is 0 Å². The molecule has 0 unspecified atom stereocenters. The number of halogens is 2. The van der Waals surface area contributed by atoms with E-state index >= 15 is 0 Å². The number of benzene rings is 1. The molecule has 1 aliphatic rings. The molecular formula is C22H16F2N4O. The van der Waals surface area contributed by atoms with E-state index in [0.29, 0.717) is 22.4 Å². The van der Waals surface area contributed by atoms with Crippen molar-refractivity contribution >= 4 is 11.4 Å². The number of aromatic nitrogens is 3. The summed E-state index contributed by atoms with van der Waals surface area (Å²) in [6.07, 6.45) is 3.39. The number of pyridine rings is 2. The summed E-state index contributed by atoms with van der Waals surface area (Å²) in [5.41, 5.74) is 3.67. The maximum atomic E-state index is 14.9. The maximum absolute atomic E-state index is 14.9. The minimum Gasteiger partial charge on any atom is -0.328 e. The van der Waals surface area contributed by atoms with Crippen molar-refractivity contribution in [3.63, 3.8) is 0 Å². The normalized spacial score (nSPS) is 13.3. The van der Waals surface area contributed by atoms with Crippen LogP contribution in [0.2, 0.25) is 0 Å². The highest BCUT2D eigenvalue weighted by atomic mass is 19.1. The fourth-order valence-electron chi connectivity index (χ4n) is 3.79. The monoisotopic (exact) mass is 390 g/mol. The van der Waals surface area contributed by atoms with Crippen LogP contribution in [0, 0.1) is 18.6 Å². The molecule has 29 heavy (non-hydrogen) atoms. The van der Waals surface area contributed by atoms with E-state index in [1.165, 1.54) is 17.0 Å². The quantitative estimate of drug-likeness (QED) is 0.528. The molecule has 0 atom stereocenters. The second-order valence-electron chi connectivity index (χ2n) is 7.11. The van der Waals surface area contributed by atoms with Gasteiger partial charge in [-0.3, -0.25) is 9.78 Å². The molecule has 0 saturated heterocycles. The number of hydrogen-bond donors (Lipinski definition) is 0. The van der Waals surface area contributed by atoms with Crippen molar-refractivity contribution < 1.29 is 13.6 Å². The molecule has 1 aromatic carbocycles. The molecule has 4 heterocycles. The number of carbonyl (C=O) groups is 1. The fourth-order valence-corrected chi connectivity index (χ4v) is 3.79. The molecule has 3 aromatic heterocycles. The van der Waals surface area contributed by atoms with Crippen LogP contribution in [0.1, 0.15) is 27.3 Å². The summed E-state index contributed by atoms with van der Waals surface area (Å²) >= 11 is 0. The predicted molar refractivity (Wildman–Crippen MR) is 103 cm³/mol. The third kappa shape index (κ3) is 2.86. The second kappa shape index (κ2) is 6.48. The summed E-state index contributed by atoms with van der Waals surface area (Å²) in [6.45, 7) is 1.95. The third-order valence-corrected chi connectivity index (χ3v) is 5.17. The Kier molecular flexibility index (Phi) is 3.91. The number of rotatable bonds is 3. The standard InChI is InChI=1S/C22H16F2N4O/c1-13-8-21-15(5-3-7-28(21)26-13)14-9-18(23)17(19(24)10-14)11-27-12-20-16(22(27)29)4-2-6-25-20/h2-10H,11-12H2,1H3. The Hall–Kier alpha value is -3.61. The van der Waals surface area contributed by atoms with Gasteiger partial charge in [0, 0.05) is 23.5 Å². The molecule has 0 bridgehead atoms. The van der Waals surface area contributed by atoms with Crippen molar-refractivity contribution in [3.8, 4) is 11.1 Å². The Morgan fingerprint density at radius 3 is 2.59 bits per heavy atom. The van der Waals surface area contributed by atoms with E-state index in [9.17, 15) is 13.6 Å². The minimum absolute atomic E-state index is 0.133. The Morgan fingerprint density at radius 2 is 1.83 bits per heavy atom. The first-order valence-corrected chi connectivity index (χ1v) is 9.18. The van der Waals surface area contributed by atoms with Gasteiger partial charge in [0.15, 0.2) is 0 Å². The zero-order chi connectivity index (χ0) is 20.1. The molecule has 0 aliphatic carbocycles. The molecule has 1 amide bonds. The van der Waals surface area contributed by atoms with Gasteiger partial charge in [-0.1, -0.05) is 6.07 Å². The van der Waals surface area contributed by atoms with E-state index in [1.807, 2.05) is 13.0 Å². The largest absolute Gasteiger partial charge is 0.328 e. The third-order valence-electron chi connectivity index (χ3n) is 5.17. The number of nitrogens with zero attached hydrogens (tertiary/aromatic N) is 4. The van der Waals surface area contributed by atoms with Gasteiger partial charge in [-0.15, -0.1) is 0 Å². The maximum Gasteiger partial charge on any atom is 0.256 e. The molecule has 0 spiro atoms. The average molecular weight is 390 g/mol. The van der Waals surface area contributed by atoms with Crippen molar-refractivity contribution in [2.75, 3.05) is 0 Å². The highest BCUT2D eigenvalue weighted by molar-refractivity contribution is 5.97. The lowest BCUT2D eigenvalue weighted by molar-refractivity contribution is 0.0763. The van der Waals surface area contributed by atoms with Crippen LogP contribution in [0.4, 0.5) is 8.78 Å². The molecule has 7 heteroatoms. The minimum atomic E-state index is -0.685. The molecular weight excluding hydrogens is 374 g/mol. The van der Waals surface area contributed by atoms with Crippen molar-refractivity contribution in [2.24, 2.45) is 0 Å². The zero-order valence-electron chi connectivity index (χ0n) is 15.6. The number of amides is 1. The van der Waals surface area contributed by atoms with E-state index in [4.69, 9.17) is 0 Å². The van der Waals surface area contributed by atoms with Crippen molar-refractivity contribution in [2.45, 2.75) is 20.0 Å². The van der Waals surface area contributed by atoms with Gasteiger partial charge in [0.25, 0.3) is 5.91 Å². The fraction of sp³-hybridized carbons (Fsp3) is 0.136. The van der Waals surface area contributed by atoms with Crippen LogP contribution in [0.5, 0.6) is 0 Å². The van der Waals surface area contributed by atoms with Gasteiger partial charge in [0.1, 0.15) is 11.6 Å². The molecule has 0 N–H and O–H groups in total. The average Bonchev–Trinajstić information content (AvgIpc) is 3.23. The summed E-state index contributed by atoms with van der Waals surface area (Å²) in [7, 11) is 0. The first kappa shape index (κ1) is 17.5. The summed E-state index contributed by atoms with van der Waals surface area (Å²) < 4.78 is 31.5. The molecule has 1 aliphatic heterocycles. The number of aryl methyl sites for hydroxylation is 1. The van der Waals surface area contributed by atoms with Gasteiger partial charge < -0.3 is 4.90 Å². The van der Waals surface area contributed by atoms with Crippen molar-refractivity contribution in [1.29, 1.82) is 0 Å². The molecule has 5 rings (SSSR count).